The van der Waals surface area contributed by atoms with Gasteiger partial charge >= 0.3 is 0 Å². The van der Waals surface area contributed by atoms with Crippen LogP contribution in [0.25, 0.3) is 11.0 Å². The number of fused-ring (bicyclic) bond motifs is 1. The van der Waals surface area contributed by atoms with Crippen LogP contribution >= 0.6 is 0 Å². The number of hydrogen-bond donors (Lipinski definition) is 1. The molecule has 0 amide bonds. The molecule has 2 unspecified atom stereocenters. The molecule has 0 saturated carbocycles. The Kier molecular flexibility index (Phi) is 5.62. The average molecular weight is 275 g/mol. The van der Waals surface area contributed by atoms with E-state index in [9.17, 15) is 0 Å². The molecular weight excluding hydrogens is 250 g/mol. The maximum atomic E-state index is 6.00. The monoisotopic (exact) mass is 275 g/mol. The van der Waals surface area contributed by atoms with Crippen LogP contribution < -0.4 is 5.32 Å². The number of methoxy groups -OCH3 is 1. The second kappa shape index (κ2) is 7.46. The van der Waals surface area contributed by atoms with Crippen molar-refractivity contribution in [2.24, 2.45) is 5.92 Å². The van der Waals surface area contributed by atoms with E-state index in [-0.39, 0.29) is 6.04 Å². The van der Waals surface area contributed by atoms with Crippen LogP contribution in [0, 0.1) is 5.92 Å². The molecule has 2 rings (SSSR count). The van der Waals surface area contributed by atoms with Gasteiger partial charge in [0, 0.05) is 19.1 Å². The zero-order chi connectivity index (χ0) is 14.4. The van der Waals surface area contributed by atoms with Crippen LogP contribution in [-0.4, -0.2) is 20.3 Å². The molecule has 20 heavy (non-hydrogen) atoms. The van der Waals surface area contributed by atoms with Crippen molar-refractivity contribution in [3.63, 3.8) is 0 Å². The van der Waals surface area contributed by atoms with Crippen molar-refractivity contribution in [1.29, 1.82) is 0 Å². The normalized spacial score (nSPS) is 14.6. The molecule has 1 aromatic heterocycles. The lowest BCUT2D eigenvalue weighted by atomic mass is 10.0. The minimum absolute atomic E-state index is 0.257. The molecule has 1 heterocycles. The Labute approximate surface area is 121 Å². The Morgan fingerprint density at radius 2 is 2.10 bits per heavy atom. The first-order valence-electron chi connectivity index (χ1n) is 7.45. The molecule has 0 aliphatic heterocycles. The highest BCUT2D eigenvalue weighted by Crippen LogP contribution is 2.27. The van der Waals surface area contributed by atoms with Crippen LogP contribution in [0.5, 0.6) is 0 Å². The third kappa shape index (κ3) is 3.84. The molecule has 3 heteroatoms. The Morgan fingerprint density at radius 1 is 1.30 bits per heavy atom. The summed E-state index contributed by atoms with van der Waals surface area (Å²) in [6.07, 6.45) is 2.14. The van der Waals surface area contributed by atoms with Gasteiger partial charge in [-0.05, 0) is 37.4 Å². The Hall–Kier alpha value is -1.32. The van der Waals surface area contributed by atoms with Crippen LogP contribution in [0.15, 0.2) is 34.7 Å². The van der Waals surface area contributed by atoms with Crippen molar-refractivity contribution >= 4 is 11.0 Å². The fourth-order valence-corrected chi connectivity index (χ4v) is 2.55. The number of hydrogen-bond acceptors (Lipinski definition) is 3. The second-order valence-electron chi connectivity index (χ2n) is 5.49. The van der Waals surface area contributed by atoms with Gasteiger partial charge in [-0.3, -0.25) is 0 Å². The van der Waals surface area contributed by atoms with Gasteiger partial charge in [-0.2, -0.15) is 0 Å². The molecular formula is C17H25NO2. The molecule has 0 saturated heterocycles. The number of rotatable bonds is 8. The lowest BCUT2D eigenvalue weighted by molar-refractivity contribution is 0.147. The summed E-state index contributed by atoms with van der Waals surface area (Å²) in [6, 6.07) is 10.6. The summed E-state index contributed by atoms with van der Waals surface area (Å²) in [4.78, 5) is 0. The lowest BCUT2D eigenvalue weighted by Gasteiger charge is -2.20. The number of ether oxygens (including phenoxy) is 1. The molecule has 110 valence electrons. The maximum Gasteiger partial charge on any atom is 0.134 e. The smallest absolute Gasteiger partial charge is 0.134 e. The summed E-state index contributed by atoms with van der Waals surface area (Å²) in [5.41, 5.74) is 0.963. The van der Waals surface area contributed by atoms with Crippen molar-refractivity contribution in [2.45, 2.75) is 32.7 Å². The second-order valence-corrected chi connectivity index (χ2v) is 5.49. The molecule has 0 bridgehead atoms. The molecule has 0 fully saturated rings. The van der Waals surface area contributed by atoms with Gasteiger partial charge < -0.3 is 14.5 Å². The molecule has 0 spiro atoms. The standard InChI is InChI=1S/C17H25NO2/c1-4-9-18-15(10-13(2)12-19-3)17-11-14-7-5-6-8-16(14)20-17/h5-8,11,13,15,18H,4,9-10,12H2,1-3H3. The minimum Gasteiger partial charge on any atom is -0.459 e. The highest BCUT2D eigenvalue weighted by molar-refractivity contribution is 5.77. The maximum absolute atomic E-state index is 6.00. The van der Waals surface area contributed by atoms with Gasteiger partial charge in [-0.15, -0.1) is 0 Å². The summed E-state index contributed by atoms with van der Waals surface area (Å²) in [7, 11) is 1.76. The van der Waals surface area contributed by atoms with E-state index < -0.39 is 0 Å². The topological polar surface area (TPSA) is 34.4 Å². The van der Waals surface area contributed by atoms with E-state index >= 15 is 0 Å². The summed E-state index contributed by atoms with van der Waals surface area (Å²) in [5, 5.41) is 4.76. The number of furan rings is 1. The Balaban J connectivity index is 2.15. The molecule has 1 N–H and O–H groups in total. The average Bonchev–Trinajstić information content (AvgIpc) is 2.87. The quantitative estimate of drug-likeness (QED) is 0.786. The first-order valence-corrected chi connectivity index (χ1v) is 7.45. The highest BCUT2D eigenvalue weighted by Gasteiger charge is 2.18. The van der Waals surface area contributed by atoms with E-state index in [0.29, 0.717) is 5.92 Å². The summed E-state index contributed by atoms with van der Waals surface area (Å²) in [5.74, 6) is 1.53. The third-order valence-corrected chi connectivity index (χ3v) is 3.52. The van der Waals surface area contributed by atoms with Crippen LogP contribution in [0.3, 0.4) is 0 Å². The van der Waals surface area contributed by atoms with Gasteiger partial charge in [-0.25, -0.2) is 0 Å². The molecule has 0 aliphatic rings. The number of benzene rings is 1. The summed E-state index contributed by atoms with van der Waals surface area (Å²) in [6.45, 7) is 6.18. The van der Waals surface area contributed by atoms with E-state index in [1.54, 1.807) is 7.11 Å². The van der Waals surface area contributed by atoms with Crippen molar-refractivity contribution in [3.05, 3.63) is 36.1 Å². The first-order chi connectivity index (χ1) is 9.74. The van der Waals surface area contributed by atoms with E-state index in [0.717, 1.165) is 37.3 Å². The minimum atomic E-state index is 0.257. The van der Waals surface area contributed by atoms with Crippen molar-refractivity contribution in [2.75, 3.05) is 20.3 Å². The summed E-state index contributed by atoms with van der Waals surface area (Å²) >= 11 is 0. The van der Waals surface area contributed by atoms with Gasteiger partial charge in [-0.1, -0.05) is 32.0 Å². The molecule has 1 aromatic carbocycles. The molecule has 0 aliphatic carbocycles. The molecule has 2 aromatic rings. The fraction of sp³-hybridized carbons (Fsp3) is 0.529. The predicted octanol–water partition coefficient (Wildman–Crippen LogP) is 4.15. The Morgan fingerprint density at radius 3 is 2.80 bits per heavy atom. The van der Waals surface area contributed by atoms with Crippen LogP contribution in [0.4, 0.5) is 0 Å². The fourth-order valence-electron chi connectivity index (χ4n) is 2.55. The van der Waals surface area contributed by atoms with Crippen LogP contribution in [0.1, 0.15) is 38.5 Å². The Bertz CT molecular complexity index is 487. The van der Waals surface area contributed by atoms with Crippen LogP contribution in [-0.2, 0) is 4.74 Å². The zero-order valence-electron chi connectivity index (χ0n) is 12.7. The number of para-hydroxylation sites is 1. The lowest BCUT2D eigenvalue weighted by Crippen LogP contribution is -2.24. The van der Waals surface area contributed by atoms with E-state index in [1.165, 1.54) is 5.39 Å². The number of nitrogens with one attached hydrogen (secondary N) is 1. The summed E-state index contributed by atoms with van der Waals surface area (Å²) < 4.78 is 11.2. The SMILES string of the molecule is CCCNC(CC(C)COC)c1cc2ccccc2o1. The largest absolute Gasteiger partial charge is 0.459 e. The van der Waals surface area contributed by atoms with Gasteiger partial charge in [0.15, 0.2) is 0 Å². The van der Waals surface area contributed by atoms with E-state index in [1.807, 2.05) is 18.2 Å². The van der Waals surface area contributed by atoms with Gasteiger partial charge in [0.2, 0.25) is 0 Å². The zero-order valence-corrected chi connectivity index (χ0v) is 12.7. The predicted molar refractivity (Wildman–Crippen MR) is 82.9 cm³/mol. The van der Waals surface area contributed by atoms with Crippen molar-refractivity contribution in [1.82, 2.24) is 5.32 Å². The van der Waals surface area contributed by atoms with E-state index in [2.05, 4.69) is 31.3 Å². The van der Waals surface area contributed by atoms with Gasteiger partial charge in [0.1, 0.15) is 11.3 Å². The van der Waals surface area contributed by atoms with Gasteiger partial charge in [0.05, 0.1) is 6.04 Å². The first kappa shape index (κ1) is 15.1. The molecule has 3 nitrogen and oxygen atoms in total. The van der Waals surface area contributed by atoms with Gasteiger partial charge in [0.25, 0.3) is 0 Å². The highest BCUT2D eigenvalue weighted by atomic mass is 16.5. The van der Waals surface area contributed by atoms with Crippen molar-refractivity contribution in [3.8, 4) is 0 Å². The molecule has 0 radical (unpaired) electrons. The third-order valence-electron chi connectivity index (χ3n) is 3.52. The molecule has 2 atom stereocenters. The van der Waals surface area contributed by atoms with Crippen LogP contribution in [0.2, 0.25) is 0 Å². The van der Waals surface area contributed by atoms with E-state index in [4.69, 9.17) is 9.15 Å². The van der Waals surface area contributed by atoms with Crippen molar-refractivity contribution < 1.29 is 9.15 Å².